The molecule has 0 unspecified atom stereocenters. The van der Waals surface area contributed by atoms with Crippen molar-refractivity contribution in [3.05, 3.63) is 35.4 Å². The Morgan fingerprint density at radius 2 is 1.88 bits per heavy atom. The van der Waals surface area contributed by atoms with Crippen LogP contribution in [0.4, 0.5) is 0 Å². The predicted octanol–water partition coefficient (Wildman–Crippen LogP) is 1.92. The van der Waals surface area contributed by atoms with Gasteiger partial charge in [-0.05, 0) is 24.5 Å². The molecule has 0 spiro atoms. The normalized spacial score (nSPS) is 9.81. The first-order valence-electron chi connectivity index (χ1n) is 5.43. The molecule has 1 aromatic rings. The van der Waals surface area contributed by atoms with Gasteiger partial charge in [-0.3, -0.25) is 4.79 Å². The molecule has 0 atom stereocenters. The van der Waals surface area contributed by atoms with E-state index in [0.717, 1.165) is 17.4 Å². The number of carbonyl (C=O) groups excluding carboxylic acids is 2. The Bertz CT molecular complexity index is 341. The average Bonchev–Trinajstić information content (AvgIpc) is 2.29. The highest BCUT2D eigenvalue weighted by Gasteiger charge is 2.02. The summed E-state index contributed by atoms with van der Waals surface area (Å²) in [5.74, 6) is -0.167. The van der Waals surface area contributed by atoms with Gasteiger partial charge in [-0.15, -0.1) is 0 Å². The second kappa shape index (κ2) is 6.77. The monoisotopic (exact) mass is 220 g/mol. The van der Waals surface area contributed by atoms with Crippen LogP contribution in [0.1, 0.15) is 24.5 Å². The Balaban J connectivity index is 2.42. The van der Waals surface area contributed by atoms with Gasteiger partial charge in [0.1, 0.15) is 6.29 Å². The lowest BCUT2D eigenvalue weighted by molar-refractivity contribution is -0.143. The summed E-state index contributed by atoms with van der Waals surface area (Å²) in [5, 5.41) is 0. The number of hydrogen-bond acceptors (Lipinski definition) is 3. The lowest BCUT2D eigenvalue weighted by Gasteiger charge is -2.03. The second-order valence-electron chi connectivity index (χ2n) is 3.49. The Labute approximate surface area is 95.4 Å². The second-order valence-corrected chi connectivity index (χ2v) is 3.49. The van der Waals surface area contributed by atoms with Gasteiger partial charge in [0, 0.05) is 12.8 Å². The molecule has 3 heteroatoms. The van der Waals surface area contributed by atoms with Crippen LogP contribution in [0.15, 0.2) is 24.3 Å². The lowest BCUT2D eigenvalue weighted by atomic mass is 10.1. The minimum atomic E-state index is -0.167. The number of hydrogen-bond donors (Lipinski definition) is 0. The van der Waals surface area contributed by atoms with E-state index in [1.165, 1.54) is 0 Å². The van der Waals surface area contributed by atoms with Gasteiger partial charge < -0.3 is 9.53 Å². The van der Waals surface area contributed by atoms with Crippen molar-refractivity contribution in [2.24, 2.45) is 0 Å². The summed E-state index contributed by atoms with van der Waals surface area (Å²) in [6.07, 6.45) is 2.41. The summed E-state index contributed by atoms with van der Waals surface area (Å²) in [4.78, 5) is 21.4. The maximum absolute atomic E-state index is 11.1. The van der Waals surface area contributed by atoms with E-state index in [1.54, 1.807) is 6.92 Å². The van der Waals surface area contributed by atoms with E-state index in [1.807, 2.05) is 24.3 Å². The minimum Gasteiger partial charge on any atom is -0.466 e. The van der Waals surface area contributed by atoms with Crippen molar-refractivity contribution in [3.8, 4) is 0 Å². The number of carbonyl (C=O) groups is 2. The first-order chi connectivity index (χ1) is 7.76. The standard InChI is InChI=1S/C13H16O3/c1-2-16-13(15)8-7-11-3-5-12(6-4-11)9-10-14/h3-6,10H,2,7-9H2,1H3. The summed E-state index contributed by atoms with van der Waals surface area (Å²) in [7, 11) is 0. The molecular weight excluding hydrogens is 204 g/mol. The lowest BCUT2D eigenvalue weighted by Crippen LogP contribution is -2.05. The van der Waals surface area contributed by atoms with Crippen molar-refractivity contribution in [2.75, 3.05) is 6.61 Å². The Morgan fingerprint density at radius 1 is 1.25 bits per heavy atom. The number of aryl methyl sites for hydroxylation is 1. The maximum Gasteiger partial charge on any atom is 0.306 e. The molecule has 86 valence electrons. The third-order valence-electron chi connectivity index (χ3n) is 2.27. The molecule has 0 N–H and O–H groups in total. The van der Waals surface area contributed by atoms with Gasteiger partial charge in [0.25, 0.3) is 0 Å². The van der Waals surface area contributed by atoms with Crippen molar-refractivity contribution in [1.29, 1.82) is 0 Å². The zero-order valence-corrected chi connectivity index (χ0v) is 9.44. The van der Waals surface area contributed by atoms with Crippen molar-refractivity contribution in [3.63, 3.8) is 0 Å². The van der Waals surface area contributed by atoms with Gasteiger partial charge in [0.05, 0.1) is 6.61 Å². The quantitative estimate of drug-likeness (QED) is 0.543. The van der Waals surface area contributed by atoms with Gasteiger partial charge in [0.2, 0.25) is 0 Å². The van der Waals surface area contributed by atoms with Crippen LogP contribution in [0.25, 0.3) is 0 Å². The van der Waals surface area contributed by atoms with E-state index in [4.69, 9.17) is 4.74 Å². The number of rotatable bonds is 6. The molecule has 0 heterocycles. The Morgan fingerprint density at radius 3 is 2.44 bits per heavy atom. The van der Waals surface area contributed by atoms with Crippen molar-refractivity contribution in [2.45, 2.75) is 26.2 Å². The summed E-state index contributed by atoms with van der Waals surface area (Å²) in [6, 6.07) is 7.71. The fourth-order valence-electron chi connectivity index (χ4n) is 1.42. The summed E-state index contributed by atoms with van der Waals surface area (Å²) in [5.41, 5.74) is 2.08. The van der Waals surface area contributed by atoms with Crippen molar-refractivity contribution >= 4 is 12.3 Å². The molecule has 0 aliphatic heterocycles. The molecular formula is C13H16O3. The van der Waals surface area contributed by atoms with Crippen molar-refractivity contribution in [1.82, 2.24) is 0 Å². The zero-order valence-electron chi connectivity index (χ0n) is 9.44. The number of esters is 1. The van der Waals surface area contributed by atoms with Crippen LogP contribution in [-0.4, -0.2) is 18.9 Å². The van der Waals surface area contributed by atoms with E-state index in [9.17, 15) is 9.59 Å². The molecule has 0 saturated heterocycles. The molecule has 16 heavy (non-hydrogen) atoms. The molecule has 1 aromatic carbocycles. The molecule has 0 amide bonds. The summed E-state index contributed by atoms with van der Waals surface area (Å²) in [6.45, 7) is 2.23. The molecule has 0 fully saturated rings. The van der Waals surface area contributed by atoms with E-state index in [-0.39, 0.29) is 5.97 Å². The van der Waals surface area contributed by atoms with Gasteiger partial charge in [0.15, 0.2) is 0 Å². The molecule has 1 rings (SSSR count). The highest BCUT2D eigenvalue weighted by molar-refractivity contribution is 5.69. The van der Waals surface area contributed by atoms with Crippen LogP contribution in [0.3, 0.4) is 0 Å². The van der Waals surface area contributed by atoms with Crippen molar-refractivity contribution < 1.29 is 14.3 Å². The van der Waals surface area contributed by atoms with Crippen LogP contribution < -0.4 is 0 Å². The molecule has 0 aliphatic rings. The number of ether oxygens (including phenoxy) is 1. The van der Waals surface area contributed by atoms with Gasteiger partial charge >= 0.3 is 5.97 Å². The third-order valence-corrected chi connectivity index (χ3v) is 2.27. The largest absolute Gasteiger partial charge is 0.466 e. The smallest absolute Gasteiger partial charge is 0.306 e. The summed E-state index contributed by atoms with van der Waals surface area (Å²) < 4.78 is 4.84. The van der Waals surface area contributed by atoms with Gasteiger partial charge in [-0.25, -0.2) is 0 Å². The van der Waals surface area contributed by atoms with Gasteiger partial charge in [-0.1, -0.05) is 24.3 Å². The first-order valence-corrected chi connectivity index (χ1v) is 5.43. The maximum atomic E-state index is 11.1. The van der Waals surface area contributed by atoms with Gasteiger partial charge in [-0.2, -0.15) is 0 Å². The van der Waals surface area contributed by atoms with Crippen LogP contribution >= 0.6 is 0 Å². The van der Waals surface area contributed by atoms with Crippen LogP contribution in [0, 0.1) is 0 Å². The van der Waals surface area contributed by atoms with E-state index >= 15 is 0 Å². The molecule has 3 nitrogen and oxygen atoms in total. The topological polar surface area (TPSA) is 43.4 Å². The predicted molar refractivity (Wildman–Crippen MR) is 61.2 cm³/mol. The van der Waals surface area contributed by atoms with E-state index in [0.29, 0.717) is 25.9 Å². The van der Waals surface area contributed by atoms with Crippen LogP contribution in [0.5, 0.6) is 0 Å². The molecule has 0 radical (unpaired) electrons. The Hall–Kier alpha value is -1.64. The first kappa shape index (κ1) is 12.4. The molecule has 0 saturated carbocycles. The average molecular weight is 220 g/mol. The SMILES string of the molecule is CCOC(=O)CCc1ccc(CC=O)cc1. The number of aldehydes is 1. The van der Waals surface area contributed by atoms with E-state index in [2.05, 4.69) is 0 Å². The minimum absolute atomic E-state index is 0.167. The molecule has 0 aromatic heterocycles. The summed E-state index contributed by atoms with van der Waals surface area (Å²) >= 11 is 0. The highest BCUT2D eigenvalue weighted by atomic mass is 16.5. The fraction of sp³-hybridized carbons (Fsp3) is 0.385. The highest BCUT2D eigenvalue weighted by Crippen LogP contribution is 2.07. The molecule has 0 aliphatic carbocycles. The number of benzene rings is 1. The van der Waals surface area contributed by atoms with Crippen LogP contribution in [-0.2, 0) is 27.2 Å². The third kappa shape index (κ3) is 4.26. The van der Waals surface area contributed by atoms with E-state index < -0.39 is 0 Å². The van der Waals surface area contributed by atoms with Crippen LogP contribution in [0.2, 0.25) is 0 Å². The fourth-order valence-corrected chi connectivity index (χ4v) is 1.42. The Kier molecular flexibility index (Phi) is 5.26. The zero-order chi connectivity index (χ0) is 11.8. The molecule has 0 bridgehead atoms.